The Kier molecular flexibility index (Phi) is 5.05. The van der Waals surface area contributed by atoms with Crippen LogP contribution < -0.4 is 5.32 Å². The Bertz CT molecular complexity index is 257. The normalized spacial score (nSPS) is 32.7. The Hall–Kier alpha value is -0.120. The maximum atomic E-state index is 9.97. The molecule has 2 rings (SSSR count). The first-order valence-electron chi connectivity index (χ1n) is 7.64. The predicted molar refractivity (Wildman–Crippen MR) is 75.6 cm³/mol. The minimum atomic E-state index is -0.240. The summed E-state index contributed by atoms with van der Waals surface area (Å²) in [5.41, 5.74) is 0. The zero-order valence-corrected chi connectivity index (χ0v) is 12.2. The Balaban J connectivity index is 1.64. The topological polar surface area (TPSA) is 35.5 Å². The molecule has 4 unspecified atom stereocenters. The molecule has 18 heavy (non-hydrogen) atoms. The zero-order chi connectivity index (χ0) is 13.1. The molecule has 2 saturated carbocycles. The molecule has 3 heteroatoms. The van der Waals surface area contributed by atoms with E-state index in [0.29, 0.717) is 12.6 Å². The molecular formula is C15H30N2O. The molecule has 2 aliphatic carbocycles. The highest BCUT2D eigenvalue weighted by atomic mass is 16.3. The Labute approximate surface area is 112 Å². The van der Waals surface area contributed by atoms with Gasteiger partial charge >= 0.3 is 0 Å². The van der Waals surface area contributed by atoms with Crippen molar-refractivity contribution < 1.29 is 5.11 Å². The SMILES string of the molecule is CC(C)NCC(O)CN(C)CC1CC2CCC1C2. The van der Waals surface area contributed by atoms with E-state index in [2.05, 4.69) is 31.1 Å². The molecule has 0 radical (unpaired) electrons. The second-order valence-corrected chi connectivity index (χ2v) is 6.87. The summed E-state index contributed by atoms with van der Waals surface area (Å²) in [6, 6.07) is 0.454. The molecular weight excluding hydrogens is 224 g/mol. The lowest BCUT2D eigenvalue weighted by atomic mass is 9.88. The molecule has 0 aromatic heterocycles. The second-order valence-electron chi connectivity index (χ2n) is 6.87. The third kappa shape index (κ3) is 3.94. The van der Waals surface area contributed by atoms with E-state index >= 15 is 0 Å². The summed E-state index contributed by atoms with van der Waals surface area (Å²) in [7, 11) is 2.16. The maximum Gasteiger partial charge on any atom is 0.0791 e. The number of aliphatic hydroxyl groups is 1. The van der Waals surface area contributed by atoms with Crippen molar-refractivity contribution in [3.63, 3.8) is 0 Å². The first kappa shape index (κ1) is 14.3. The molecule has 0 aromatic rings. The van der Waals surface area contributed by atoms with Gasteiger partial charge < -0.3 is 15.3 Å². The monoisotopic (exact) mass is 254 g/mol. The molecule has 0 aromatic carbocycles. The van der Waals surface area contributed by atoms with Crippen molar-refractivity contribution in [1.82, 2.24) is 10.2 Å². The van der Waals surface area contributed by atoms with E-state index < -0.39 is 0 Å². The third-order valence-electron chi connectivity index (χ3n) is 4.71. The van der Waals surface area contributed by atoms with E-state index in [1.54, 1.807) is 0 Å². The summed E-state index contributed by atoms with van der Waals surface area (Å²) in [5, 5.41) is 13.3. The fourth-order valence-electron chi connectivity index (χ4n) is 3.87. The van der Waals surface area contributed by atoms with Gasteiger partial charge in [-0.15, -0.1) is 0 Å². The fourth-order valence-corrected chi connectivity index (χ4v) is 3.87. The highest BCUT2D eigenvalue weighted by Crippen LogP contribution is 2.48. The quantitative estimate of drug-likeness (QED) is 0.726. The number of nitrogens with zero attached hydrogens (tertiary/aromatic N) is 1. The summed E-state index contributed by atoms with van der Waals surface area (Å²) in [5.74, 6) is 2.92. The molecule has 2 aliphatic rings. The van der Waals surface area contributed by atoms with Gasteiger partial charge in [-0.2, -0.15) is 0 Å². The molecule has 2 fully saturated rings. The predicted octanol–water partition coefficient (Wildman–Crippen LogP) is 1.71. The zero-order valence-electron chi connectivity index (χ0n) is 12.2. The Morgan fingerprint density at radius 1 is 1.28 bits per heavy atom. The lowest BCUT2D eigenvalue weighted by molar-refractivity contribution is 0.107. The van der Waals surface area contributed by atoms with E-state index in [1.165, 1.54) is 32.2 Å². The van der Waals surface area contributed by atoms with Gasteiger partial charge in [-0.3, -0.25) is 0 Å². The molecule has 0 amide bonds. The molecule has 0 saturated heterocycles. The van der Waals surface area contributed by atoms with Crippen LogP contribution >= 0.6 is 0 Å². The summed E-state index contributed by atoms with van der Waals surface area (Å²) in [6.07, 6.45) is 5.62. The number of hydrogen-bond donors (Lipinski definition) is 2. The van der Waals surface area contributed by atoms with Gasteiger partial charge in [0.2, 0.25) is 0 Å². The van der Waals surface area contributed by atoms with Crippen molar-refractivity contribution in [2.24, 2.45) is 17.8 Å². The van der Waals surface area contributed by atoms with Gasteiger partial charge in [0.05, 0.1) is 6.10 Å². The number of rotatable bonds is 7. The van der Waals surface area contributed by atoms with Gasteiger partial charge in [0, 0.05) is 25.7 Å². The lowest BCUT2D eigenvalue weighted by Crippen LogP contribution is -2.40. The van der Waals surface area contributed by atoms with Crippen LogP contribution in [0.5, 0.6) is 0 Å². The van der Waals surface area contributed by atoms with Gasteiger partial charge in [-0.25, -0.2) is 0 Å². The Morgan fingerprint density at radius 3 is 2.61 bits per heavy atom. The van der Waals surface area contributed by atoms with Crippen LogP contribution in [0.1, 0.15) is 39.5 Å². The van der Waals surface area contributed by atoms with E-state index in [1.807, 2.05) is 0 Å². The maximum absolute atomic E-state index is 9.97. The first-order chi connectivity index (χ1) is 8.54. The van der Waals surface area contributed by atoms with Crippen LogP contribution in [0.15, 0.2) is 0 Å². The highest BCUT2D eigenvalue weighted by Gasteiger charge is 2.39. The minimum Gasteiger partial charge on any atom is -0.390 e. The summed E-state index contributed by atoms with van der Waals surface area (Å²) in [4.78, 5) is 2.33. The van der Waals surface area contributed by atoms with Gasteiger partial charge in [0.15, 0.2) is 0 Å². The molecule has 0 heterocycles. The van der Waals surface area contributed by atoms with Crippen molar-refractivity contribution in [1.29, 1.82) is 0 Å². The average molecular weight is 254 g/mol. The van der Waals surface area contributed by atoms with Gasteiger partial charge in [0.1, 0.15) is 0 Å². The molecule has 0 aliphatic heterocycles. The average Bonchev–Trinajstić information content (AvgIpc) is 2.87. The van der Waals surface area contributed by atoms with Crippen molar-refractivity contribution in [3.8, 4) is 0 Å². The van der Waals surface area contributed by atoms with Crippen molar-refractivity contribution in [3.05, 3.63) is 0 Å². The number of likely N-dealkylation sites (N-methyl/N-ethyl adjacent to an activating group) is 1. The number of fused-ring (bicyclic) bond motifs is 2. The number of hydrogen-bond acceptors (Lipinski definition) is 3. The van der Waals surface area contributed by atoms with Gasteiger partial charge in [0.25, 0.3) is 0 Å². The smallest absolute Gasteiger partial charge is 0.0791 e. The standard InChI is InChI=1S/C15H30N2O/c1-11(2)16-8-15(18)10-17(3)9-14-7-12-4-5-13(14)6-12/h11-16,18H,4-10H2,1-3H3. The Morgan fingerprint density at radius 2 is 2.06 bits per heavy atom. The van der Waals surface area contributed by atoms with Crippen LogP contribution in [0.4, 0.5) is 0 Å². The van der Waals surface area contributed by atoms with Crippen LogP contribution in [0.25, 0.3) is 0 Å². The van der Waals surface area contributed by atoms with Crippen molar-refractivity contribution in [2.45, 2.75) is 51.7 Å². The molecule has 2 N–H and O–H groups in total. The van der Waals surface area contributed by atoms with Crippen molar-refractivity contribution >= 4 is 0 Å². The van der Waals surface area contributed by atoms with E-state index in [4.69, 9.17) is 0 Å². The summed E-state index contributed by atoms with van der Waals surface area (Å²) < 4.78 is 0. The van der Waals surface area contributed by atoms with Crippen molar-refractivity contribution in [2.75, 3.05) is 26.7 Å². The number of nitrogens with one attached hydrogen (secondary N) is 1. The van der Waals surface area contributed by atoms with Crippen LogP contribution in [0, 0.1) is 17.8 Å². The largest absolute Gasteiger partial charge is 0.390 e. The molecule has 3 nitrogen and oxygen atoms in total. The minimum absolute atomic E-state index is 0.240. The third-order valence-corrected chi connectivity index (χ3v) is 4.71. The van der Waals surface area contributed by atoms with E-state index in [0.717, 1.165) is 24.3 Å². The lowest BCUT2D eigenvalue weighted by Gasteiger charge is -2.28. The van der Waals surface area contributed by atoms with Crippen LogP contribution in [0.2, 0.25) is 0 Å². The van der Waals surface area contributed by atoms with Gasteiger partial charge in [-0.05, 0) is 44.1 Å². The van der Waals surface area contributed by atoms with E-state index in [-0.39, 0.29) is 6.10 Å². The first-order valence-corrected chi connectivity index (χ1v) is 7.64. The molecule has 2 bridgehead atoms. The molecule has 0 spiro atoms. The molecule has 106 valence electrons. The van der Waals surface area contributed by atoms with E-state index in [9.17, 15) is 5.11 Å². The van der Waals surface area contributed by atoms with Gasteiger partial charge in [-0.1, -0.05) is 20.3 Å². The summed E-state index contributed by atoms with van der Waals surface area (Å²) >= 11 is 0. The van der Waals surface area contributed by atoms with Crippen LogP contribution in [-0.4, -0.2) is 48.8 Å². The second kappa shape index (κ2) is 6.36. The van der Waals surface area contributed by atoms with Crippen LogP contribution in [0.3, 0.4) is 0 Å². The molecule has 4 atom stereocenters. The van der Waals surface area contributed by atoms with Crippen LogP contribution in [-0.2, 0) is 0 Å². The highest BCUT2D eigenvalue weighted by molar-refractivity contribution is 4.91. The summed E-state index contributed by atoms with van der Waals surface area (Å²) in [6.45, 7) is 6.92. The number of aliphatic hydroxyl groups excluding tert-OH is 1. The fraction of sp³-hybridized carbons (Fsp3) is 1.00.